The zero-order chi connectivity index (χ0) is 15.2. The first-order valence-electron chi connectivity index (χ1n) is 6.88. The standard InChI is InChI=1S/C14H20N4O3/c1-3-21-12-7-10(4-5-11(12)19)8-15-18-14-16-9(2)6-13(20)17-14/h4-5,7-9,14,16,18-19H,3,6H2,1-2H3,(H,17,20)/b15-8+. The lowest BCUT2D eigenvalue weighted by molar-refractivity contribution is -0.124. The van der Waals surface area contributed by atoms with Crippen LogP contribution in [0.15, 0.2) is 23.3 Å². The van der Waals surface area contributed by atoms with Gasteiger partial charge in [0.15, 0.2) is 17.8 Å². The molecule has 0 radical (unpaired) electrons. The third kappa shape index (κ3) is 4.35. The van der Waals surface area contributed by atoms with Gasteiger partial charge in [0.2, 0.25) is 5.91 Å². The number of hydrogen-bond donors (Lipinski definition) is 4. The van der Waals surface area contributed by atoms with E-state index in [2.05, 4.69) is 21.2 Å². The molecule has 1 aromatic rings. The number of phenolic OH excluding ortho intramolecular Hbond substituents is 1. The van der Waals surface area contributed by atoms with E-state index in [1.165, 1.54) is 0 Å². The van der Waals surface area contributed by atoms with Crippen LogP contribution in [0, 0.1) is 0 Å². The van der Waals surface area contributed by atoms with Crippen molar-refractivity contribution in [3.05, 3.63) is 23.8 Å². The van der Waals surface area contributed by atoms with Gasteiger partial charge in [-0.05, 0) is 37.6 Å². The Labute approximate surface area is 123 Å². The Balaban J connectivity index is 1.95. The largest absolute Gasteiger partial charge is 0.504 e. The number of nitrogens with one attached hydrogen (secondary N) is 3. The Hall–Kier alpha value is -2.28. The van der Waals surface area contributed by atoms with E-state index in [-0.39, 0.29) is 24.0 Å². The number of carbonyl (C=O) groups is 1. The van der Waals surface area contributed by atoms with Crippen molar-refractivity contribution >= 4 is 12.1 Å². The normalized spacial score (nSPS) is 22.1. The molecule has 1 aliphatic rings. The van der Waals surface area contributed by atoms with Crippen molar-refractivity contribution in [1.29, 1.82) is 0 Å². The second-order valence-electron chi connectivity index (χ2n) is 4.82. The van der Waals surface area contributed by atoms with Crippen LogP contribution in [0.5, 0.6) is 11.5 Å². The van der Waals surface area contributed by atoms with E-state index >= 15 is 0 Å². The number of aromatic hydroxyl groups is 1. The highest BCUT2D eigenvalue weighted by Gasteiger charge is 2.21. The minimum absolute atomic E-state index is 0.0165. The van der Waals surface area contributed by atoms with Crippen LogP contribution in [0.25, 0.3) is 0 Å². The summed E-state index contributed by atoms with van der Waals surface area (Å²) in [7, 11) is 0. The number of rotatable bonds is 5. The Kier molecular flexibility index (Phi) is 4.99. The van der Waals surface area contributed by atoms with Crippen molar-refractivity contribution in [2.45, 2.75) is 32.6 Å². The summed E-state index contributed by atoms with van der Waals surface area (Å²) in [5.41, 5.74) is 3.60. The average molecular weight is 292 g/mol. The van der Waals surface area contributed by atoms with E-state index in [1.807, 2.05) is 13.8 Å². The molecule has 1 heterocycles. The Morgan fingerprint density at radius 1 is 1.57 bits per heavy atom. The van der Waals surface area contributed by atoms with Crippen LogP contribution in [0.4, 0.5) is 0 Å². The highest BCUT2D eigenvalue weighted by atomic mass is 16.5. The van der Waals surface area contributed by atoms with Crippen molar-refractivity contribution in [3.63, 3.8) is 0 Å². The van der Waals surface area contributed by atoms with Crippen LogP contribution in [0.3, 0.4) is 0 Å². The van der Waals surface area contributed by atoms with Gasteiger partial charge in [0.25, 0.3) is 0 Å². The lowest BCUT2D eigenvalue weighted by Crippen LogP contribution is -2.60. The molecule has 0 saturated carbocycles. The topological polar surface area (TPSA) is 95.0 Å². The zero-order valence-corrected chi connectivity index (χ0v) is 12.1. The first-order valence-corrected chi connectivity index (χ1v) is 6.88. The SMILES string of the molecule is CCOc1cc(/C=N/NC2NC(=O)CC(C)N2)ccc1O. The van der Waals surface area contributed by atoms with Crippen molar-refractivity contribution in [1.82, 2.24) is 16.1 Å². The average Bonchev–Trinajstić information content (AvgIpc) is 2.41. The summed E-state index contributed by atoms with van der Waals surface area (Å²) in [6.45, 7) is 4.26. The predicted molar refractivity (Wildman–Crippen MR) is 79.2 cm³/mol. The maximum Gasteiger partial charge on any atom is 0.224 e. The molecule has 0 spiro atoms. The molecule has 1 amide bonds. The second kappa shape index (κ2) is 6.94. The molecule has 1 aliphatic heterocycles. The van der Waals surface area contributed by atoms with E-state index < -0.39 is 0 Å². The van der Waals surface area contributed by atoms with Gasteiger partial charge < -0.3 is 15.2 Å². The molecule has 7 heteroatoms. The Morgan fingerprint density at radius 2 is 2.38 bits per heavy atom. The lowest BCUT2D eigenvalue weighted by atomic mass is 10.2. The number of amides is 1. The first kappa shape index (κ1) is 15.1. The molecule has 4 N–H and O–H groups in total. The monoisotopic (exact) mass is 292 g/mol. The summed E-state index contributed by atoms with van der Waals surface area (Å²) in [5.74, 6) is 0.494. The van der Waals surface area contributed by atoms with Crippen LogP contribution in [-0.4, -0.2) is 36.2 Å². The molecule has 1 fully saturated rings. The molecule has 114 valence electrons. The quantitative estimate of drug-likeness (QED) is 0.468. The summed E-state index contributed by atoms with van der Waals surface area (Å²) in [4.78, 5) is 11.4. The summed E-state index contributed by atoms with van der Waals surface area (Å²) < 4.78 is 5.30. The molecule has 0 aliphatic carbocycles. The molecule has 2 rings (SSSR count). The van der Waals surface area contributed by atoms with Crippen molar-refractivity contribution < 1.29 is 14.6 Å². The molecule has 2 unspecified atom stereocenters. The number of hydrogen-bond acceptors (Lipinski definition) is 6. The highest BCUT2D eigenvalue weighted by Crippen LogP contribution is 2.26. The number of benzene rings is 1. The lowest BCUT2D eigenvalue weighted by Gasteiger charge is -2.28. The Morgan fingerprint density at radius 3 is 3.10 bits per heavy atom. The third-order valence-electron chi connectivity index (χ3n) is 2.95. The van der Waals surface area contributed by atoms with Crippen LogP contribution in [0.1, 0.15) is 25.8 Å². The summed E-state index contributed by atoms with van der Waals surface area (Å²) >= 11 is 0. The van der Waals surface area contributed by atoms with Crippen LogP contribution in [-0.2, 0) is 4.79 Å². The number of phenols is 1. The maximum absolute atomic E-state index is 11.4. The fraction of sp³-hybridized carbons (Fsp3) is 0.429. The number of ether oxygens (including phenoxy) is 1. The third-order valence-corrected chi connectivity index (χ3v) is 2.95. The highest BCUT2D eigenvalue weighted by molar-refractivity contribution is 5.81. The van der Waals surface area contributed by atoms with Gasteiger partial charge in [0.05, 0.1) is 12.8 Å². The molecule has 2 atom stereocenters. The van der Waals surface area contributed by atoms with Crippen LogP contribution < -0.4 is 20.8 Å². The van der Waals surface area contributed by atoms with E-state index in [0.717, 1.165) is 5.56 Å². The minimum atomic E-state index is -0.388. The fourth-order valence-electron chi connectivity index (χ4n) is 2.02. The summed E-state index contributed by atoms with van der Waals surface area (Å²) in [6.07, 6.45) is 1.66. The summed E-state index contributed by atoms with van der Waals surface area (Å²) in [5, 5.41) is 19.6. The van der Waals surface area contributed by atoms with Crippen molar-refractivity contribution in [2.75, 3.05) is 6.61 Å². The second-order valence-corrected chi connectivity index (χ2v) is 4.82. The Bertz CT molecular complexity index is 533. The van der Waals surface area contributed by atoms with Gasteiger partial charge in [-0.25, -0.2) is 0 Å². The minimum Gasteiger partial charge on any atom is -0.504 e. The number of carbonyl (C=O) groups excluding carboxylic acids is 1. The van der Waals surface area contributed by atoms with E-state index in [4.69, 9.17) is 4.74 Å². The van der Waals surface area contributed by atoms with E-state index in [9.17, 15) is 9.90 Å². The smallest absolute Gasteiger partial charge is 0.224 e. The molecular formula is C14H20N4O3. The predicted octanol–water partition coefficient (Wildman–Crippen LogP) is 0.496. The van der Waals surface area contributed by atoms with Gasteiger partial charge in [0.1, 0.15) is 0 Å². The molecule has 0 bridgehead atoms. The molecule has 21 heavy (non-hydrogen) atoms. The number of nitrogens with zero attached hydrogens (tertiary/aromatic N) is 1. The summed E-state index contributed by atoms with van der Waals surface area (Å²) in [6, 6.07) is 5.07. The molecule has 1 saturated heterocycles. The molecule has 7 nitrogen and oxygen atoms in total. The van der Waals surface area contributed by atoms with Gasteiger partial charge in [-0.15, -0.1) is 0 Å². The number of hydrazone groups is 1. The van der Waals surface area contributed by atoms with E-state index in [1.54, 1.807) is 24.4 Å². The molecule has 1 aromatic carbocycles. The molecular weight excluding hydrogens is 272 g/mol. The maximum atomic E-state index is 11.4. The van der Waals surface area contributed by atoms with Crippen LogP contribution >= 0.6 is 0 Å². The van der Waals surface area contributed by atoms with Crippen molar-refractivity contribution in [2.24, 2.45) is 5.10 Å². The first-order chi connectivity index (χ1) is 10.1. The van der Waals surface area contributed by atoms with Crippen molar-refractivity contribution in [3.8, 4) is 11.5 Å². The van der Waals surface area contributed by atoms with Gasteiger partial charge in [0, 0.05) is 12.5 Å². The molecule has 0 aromatic heterocycles. The fourth-order valence-corrected chi connectivity index (χ4v) is 2.02. The van der Waals surface area contributed by atoms with Gasteiger partial charge >= 0.3 is 0 Å². The van der Waals surface area contributed by atoms with Gasteiger partial charge in [-0.1, -0.05) is 0 Å². The van der Waals surface area contributed by atoms with E-state index in [0.29, 0.717) is 18.8 Å². The van der Waals surface area contributed by atoms with Gasteiger partial charge in [-0.3, -0.25) is 15.5 Å². The van der Waals surface area contributed by atoms with Gasteiger partial charge in [-0.2, -0.15) is 5.10 Å². The zero-order valence-electron chi connectivity index (χ0n) is 12.1. The van der Waals surface area contributed by atoms with Crippen LogP contribution in [0.2, 0.25) is 0 Å².